The minimum absolute atomic E-state index is 0.0928. The SMILES string of the molecule is O=C(O)CC(c1ccc(Cl)cc1)c1cccs1. The first-order valence-corrected chi connectivity index (χ1v) is 6.43. The van der Waals surface area contributed by atoms with Gasteiger partial charge in [-0.3, -0.25) is 4.79 Å². The number of aliphatic carboxylic acids is 1. The molecule has 17 heavy (non-hydrogen) atoms. The zero-order valence-electron chi connectivity index (χ0n) is 8.97. The largest absolute Gasteiger partial charge is 0.481 e. The predicted octanol–water partition coefficient (Wildman–Crippen LogP) is 4.01. The number of hydrogen-bond acceptors (Lipinski definition) is 2. The molecule has 1 N–H and O–H groups in total. The Balaban J connectivity index is 2.33. The summed E-state index contributed by atoms with van der Waals surface area (Å²) < 4.78 is 0. The number of carboxylic acids is 1. The zero-order chi connectivity index (χ0) is 12.3. The van der Waals surface area contributed by atoms with E-state index in [1.54, 1.807) is 23.5 Å². The molecular weight excluding hydrogens is 256 g/mol. The number of halogens is 1. The van der Waals surface area contributed by atoms with Gasteiger partial charge < -0.3 is 5.11 Å². The van der Waals surface area contributed by atoms with E-state index in [9.17, 15) is 4.79 Å². The highest BCUT2D eigenvalue weighted by atomic mass is 35.5. The van der Waals surface area contributed by atoms with E-state index in [1.165, 1.54) is 0 Å². The highest BCUT2D eigenvalue weighted by molar-refractivity contribution is 7.10. The van der Waals surface area contributed by atoms with Gasteiger partial charge in [0.1, 0.15) is 0 Å². The highest BCUT2D eigenvalue weighted by Gasteiger charge is 2.18. The second-order valence-electron chi connectivity index (χ2n) is 3.72. The van der Waals surface area contributed by atoms with Gasteiger partial charge in [-0.25, -0.2) is 0 Å². The van der Waals surface area contributed by atoms with E-state index in [4.69, 9.17) is 16.7 Å². The summed E-state index contributed by atoms with van der Waals surface area (Å²) in [5, 5.41) is 11.6. The quantitative estimate of drug-likeness (QED) is 0.908. The average molecular weight is 267 g/mol. The van der Waals surface area contributed by atoms with E-state index in [0.29, 0.717) is 5.02 Å². The molecule has 0 radical (unpaired) electrons. The van der Waals surface area contributed by atoms with Crippen LogP contribution in [0.1, 0.15) is 22.8 Å². The van der Waals surface area contributed by atoms with E-state index in [1.807, 2.05) is 29.6 Å². The van der Waals surface area contributed by atoms with Gasteiger partial charge in [-0.05, 0) is 29.1 Å². The van der Waals surface area contributed by atoms with E-state index in [2.05, 4.69) is 0 Å². The minimum Gasteiger partial charge on any atom is -0.481 e. The third kappa shape index (κ3) is 3.08. The van der Waals surface area contributed by atoms with Crippen LogP contribution in [0.3, 0.4) is 0 Å². The molecule has 0 aliphatic carbocycles. The molecule has 2 nitrogen and oxygen atoms in total. The van der Waals surface area contributed by atoms with Gasteiger partial charge in [0, 0.05) is 15.8 Å². The third-order valence-corrected chi connectivity index (χ3v) is 3.78. The second-order valence-corrected chi connectivity index (χ2v) is 5.13. The van der Waals surface area contributed by atoms with Gasteiger partial charge in [-0.1, -0.05) is 29.8 Å². The topological polar surface area (TPSA) is 37.3 Å². The summed E-state index contributed by atoms with van der Waals surface area (Å²) >= 11 is 7.41. The van der Waals surface area contributed by atoms with Gasteiger partial charge in [0.15, 0.2) is 0 Å². The van der Waals surface area contributed by atoms with Crippen LogP contribution in [-0.4, -0.2) is 11.1 Å². The normalized spacial score (nSPS) is 12.3. The maximum Gasteiger partial charge on any atom is 0.304 e. The van der Waals surface area contributed by atoms with Gasteiger partial charge in [-0.2, -0.15) is 0 Å². The average Bonchev–Trinajstić information content (AvgIpc) is 2.80. The molecule has 0 amide bonds. The fourth-order valence-electron chi connectivity index (χ4n) is 1.74. The van der Waals surface area contributed by atoms with Crippen molar-refractivity contribution in [2.24, 2.45) is 0 Å². The predicted molar refractivity (Wildman–Crippen MR) is 69.9 cm³/mol. The van der Waals surface area contributed by atoms with Crippen molar-refractivity contribution in [3.8, 4) is 0 Å². The molecule has 1 unspecified atom stereocenters. The van der Waals surface area contributed by atoms with Gasteiger partial charge in [-0.15, -0.1) is 11.3 Å². The van der Waals surface area contributed by atoms with Crippen molar-refractivity contribution in [2.75, 3.05) is 0 Å². The molecule has 0 saturated carbocycles. The Bertz CT molecular complexity index is 491. The molecule has 1 atom stereocenters. The van der Waals surface area contributed by atoms with Crippen LogP contribution in [-0.2, 0) is 4.79 Å². The lowest BCUT2D eigenvalue weighted by Gasteiger charge is -2.13. The second kappa shape index (κ2) is 5.34. The molecule has 4 heteroatoms. The van der Waals surface area contributed by atoms with Crippen LogP contribution in [0.4, 0.5) is 0 Å². The van der Waals surface area contributed by atoms with Crippen LogP contribution in [0, 0.1) is 0 Å². The fraction of sp³-hybridized carbons (Fsp3) is 0.154. The van der Waals surface area contributed by atoms with Crippen molar-refractivity contribution >= 4 is 28.9 Å². The van der Waals surface area contributed by atoms with Crippen LogP contribution in [0.2, 0.25) is 5.02 Å². The molecule has 0 aliphatic heterocycles. The summed E-state index contributed by atoms with van der Waals surface area (Å²) in [5.41, 5.74) is 0.985. The monoisotopic (exact) mass is 266 g/mol. The Kier molecular flexibility index (Phi) is 3.82. The van der Waals surface area contributed by atoms with Crippen molar-refractivity contribution in [1.29, 1.82) is 0 Å². The number of carboxylic acid groups (broad SMARTS) is 1. The lowest BCUT2D eigenvalue weighted by molar-refractivity contribution is -0.137. The smallest absolute Gasteiger partial charge is 0.304 e. The van der Waals surface area contributed by atoms with E-state index >= 15 is 0 Å². The Morgan fingerprint density at radius 2 is 2.00 bits per heavy atom. The summed E-state index contributed by atoms with van der Waals surface area (Å²) in [5.74, 6) is -0.886. The van der Waals surface area contributed by atoms with Crippen molar-refractivity contribution in [1.82, 2.24) is 0 Å². The van der Waals surface area contributed by atoms with Gasteiger partial charge in [0.2, 0.25) is 0 Å². The van der Waals surface area contributed by atoms with Crippen LogP contribution in [0.25, 0.3) is 0 Å². The van der Waals surface area contributed by atoms with E-state index in [0.717, 1.165) is 10.4 Å². The standard InChI is InChI=1S/C13H11ClO2S/c14-10-5-3-9(4-6-10)11(8-13(15)16)12-2-1-7-17-12/h1-7,11H,8H2,(H,15,16). The first-order valence-electron chi connectivity index (χ1n) is 5.17. The van der Waals surface area contributed by atoms with Crippen LogP contribution >= 0.6 is 22.9 Å². The summed E-state index contributed by atoms with van der Waals surface area (Å²) in [6.07, 6.45) is 0.0994. The number of rotatable bonds is 4. The number of benzene rings is 1. The maximum atomic E-state index is 10.9. The molecule has 0 bridgehead atoms. The van der Waals surface area contributed by atoms with E-state index in [-0.39, 0.29) is 12.3 Å². The number of thiophene rings is 1. The highest BCUT2D eigenvalue weighted by Crippen LogP contribution is 2.31. The van der Waals surface area contributed by atoms with Crippen molar-refractivity contribution < 1.29 is 9.90 Å². The van der Waals surface area contributed by atoms with E-state index < -0.39 is 5.97 Å². The van der Waals surface area contributed by atoms with Crippen LogP contribution in [0.15, 0.2) is 41.8 Å². The zero-order valence-corrected chi connectivity index (χ0v) is 10.5. The summed E-state index contributed by atoms with van der Waals surface area (Å²) in [7, 11) is 0. The van der Waals surface area contributed by atoms with Crippen molar-refractivity contribution in [3.63, 3.8) is 0 Å². The van der Waals surface area contributed by atoms with Crippen molar-refractivity contribution in [3.05, 3.63) is 57.2 Å². The van der Waals surface area contributed by atoms with Gasteiger partial charge in [0.05, 0.1) is 6.42 Å². The number of carbonyl (C=O) groups is 1. The third-order valence-electron chi connectivity index (χ3n) is 2.54. The summed E-state index contributed by atoms with van der Waals surface area (Å²) in [6.45, 7) is 0. The molecule has 0 fully saturated rings. The van der Waals surface area contributed by atoms with Crippen LogP contribution < -0.4 is 0 Å². The molecular formula is C13H11ClO2S. The van der Waals surface area contributed by atoms with Crippen molar-refractivity contribution in [2.45, 2.75) is 12.3 Å². The summed E-state index contributed by atoms with van der Waals surface area (Å²) in [6, 6.07) is 11.3. The lowest BCUT2D eigenvalue weighted by atomic mass is 9.94. The lowest BCUT2D eigenvalue weighted by Crippen LogP contribution is -2.06. The molecule has 88 valence electrons. The Hall–Kier alpha value is -1.32. The molecule has 0 aliphatic rings. The number of hydrogen-bond donors (Lipinski definition) is 1. The fourth-order valence-corrected chi connectivity index (χ4v) is 2.72. The Morgan fingerprint density at radius 1 is 1.29 bits per heavy atom. The first-order chi connectivity index (χ1) is 8.16. The Labute approximate surface area is 108 Å². The molecule has 1 heterocycles. The van der Waals surface area contributed by atoms with Crippen LogP contribution in [0.5, 0.6) is 0 Å². The van der Waals surface area contributed by atoms with Gasteiger partial charge in [0.25, 0.3) is 0 Å². The molecule has 1 aromatic carbocycles. The molecule has 2 aromatic rings. The molecule has 1 aromatic heterocycles. The summed E-state index contributed by atoms with van der Waals surface area (Å²) in [4.78, 5) is 12.0. The molecule has 0 saturated heterocycles. The first kappa shape index (κ1) is 12.1. The maximum absolute atomic E-state index is 10.9. The minimum atomic E-state index is -0.793. The molecule has 0 spiro atoms. The van der Waals surface area contributed by atoms with Gasteiger partial charge >= 0.3 is 5.97 Å². The Morgan fingerprint density at radius 3 is 2.53 bits per heavy atom. The molecule has 2 rings (SSSR count).